The first-order valence-corrected chi connectivity index (χ1v) is 8.72. The van der Waals surface area contributed by atoms with E-state index in [-0.39, 0.29) is 23.9 Å². The maximum atomic E-state index is 12.1. The normalized spacial score (nSPS) is 16.3. The monoisotopic (exact) mass is 392 g/mol. The van der Waals surface area contributed by atoms with Crippen molar-refractivity contribution in [2.24, 2.45) is 5.73 Å². The second-order valence-electron chi connectivity index (χ2n) is 5.44. The van der Waals surface area contributed by atoms with Crippen LogP contribution in [-0.2, 0) is 4.79 Å². The number of amides is 1. The molecule has 1 aromatic rings. The van der Waals surface area contributed by atoms with Crippen LogP contribution in [0.5, 0.6) is 0 Å². The number of benzene rings is 1. The van der Waals surface area contributed by atoms with Crippen LogP contribution in [0.25, 0.3) is 0 Å². The van der Waals surface area contributed by atoms with Gasteiger partial charge < -0.3 is 11.1 Å². The molecule has 0 unspecified atom stereocenters. The lowest BCUT2D eigenvalue weighted by molar-refractivity contribution is -0.120. The van der Waals surface area contributed by atoms with Crippen molar-refractivity contribution < 1.29 is 4.79 Å². The number of thioether (sulfide) groups is 1. The molecule has 1 aromatic carbocycles. The Balaban J connectivity index is 0.00000220. The van der Waals surface area contributed by atoms with Crippen LogP contribution in [0.3, 0.4) is 0 Å². The third-order valence-corrected chi connectivity index (χ3v) is 5.52. The predicted molar refractivity (Wildman–Crippen MR) is 95.2 cm³/mol. The Labute approximate surface area is 145 Å². The highest BCUT2D eigenvalue weighted by molar-refractivity contribution is 9.10. The van der Waals surface area contributed by atoms with Crippen molar-refractivity contribution >= 4 is 46.0 Å². The van der Waals surface area contributed by atoms with Gasteiger partial charge in [-0.25, -0.2) is 0 Å². The molecule has 0 atom stereocenters. The molecule has 6 heteroatoms. The summed E-state index contributed by atoms with van der Waals surface area (Å²) in [5, 5.41) is 3.15. The fourth-order valence-corrected chi connectivity index (χ4v) is 3.97. The fourth-order valence-electron chi connectivity index (χ4n) is 2.68. The maximum Gasteiger partial charge on any atom is 0.230 e. The summed E-state index contributed by atoms with van der Waals surface area (Å²) in [7, 11) is 0. The van der Waals surface area contributed by atoms with Crippen LogP contribution >= 0.6 is 40.1 Å². The minimum Gasteiger partial charge on any atom is -0.349 e. The molecular weight excluding hydrogens is 372 g/mol. The number of nitrogens with two attached hydrogens (primary N) is 1. The third kappa shape index (κ3) is 5.16. The van der Waals surface area contributed by atoms with Gasteiger partial charge in [0.2, 0.25) is 5.91 Å². The van der Waals surface area contributed by atoms with Crippen molar-refractivity contribution in [3.63, 3.8) is 0 Å². The Morgan fingerprint density at radius 2 is 2.10 bits per heavy atom. The summed E-state index contributed by atoms with van der Waals surface area (Å²) in [6.45, 7) is 2.60. The minimum atomic E-state index is -0.146. The molecule has 0 aromatic heterocycles. The van der Waals surface area contributed by atoms with Gasteiger partial charge in [-0.1, -0.05) is 28.8 Å². The summed E-state index contributed by atoms with van der Waals surface area (Å²) in [5.41, 5.74) is 6.88. The molecule has 0 radical (unpaired) electrons. The Morgan fingerprint density at radius 3 is 2.67 bits per heavy atom. The zero-order valence-corrected chi connectivity index (χ0v) is 15.4. The summed E-state index contributed by atoms with van der Waals surface area (Å²) >= 11 is 5.03. The van der Waals surface area contributed by atoms with Gasteiger partial charge in [-0.15, -0.1) is 24.2 Å². The van der Waals surface area contributed by atoms with Crippen molar-refractivity contribution in [2.45, 2.75) is 43.0 Å². The van der Waals surface area contributed by atoms with E-state index in [1.807, 2.05) is 12.1 Å². The Kier molecular flexibility index (Phi) is 7.54. The van der Waals surface area contributed by atoms with E-state index in [1.54, 1.807) is 11.8 Å². The summed E-state index contributed by atoms with van der Waals surface area (Å²) in [6.07, 6.45) is 4.35. The Hall–Kier alpha value is -0.230. The molecule has 0 bridgehead atoms. The predicted octanol–water partition coefficient (Wildman–Crippen LogP) is 3.66. The van der Waals surface area contributed by atoms with E-state index in [4.69, 9.17) is 5.73 Å². The summed E-state index contributed by atoms with van der Waals surface area (Å²) in [6, 6.07) is 6.12. The average molecular weight is 394 g/mol. The number of carbonyl (C=O) groups is 1. The topological polar surface area (TPSA) is 55.1 Å². The van der Waals surface area contributed by atoms with Crippen LogP contribution < -0.4 is 11.1 Å². The molecule has 1 aliphatic rings. The van der Waals surface area contributed by atoms with Crippen molar-refractivity contribution in [3.05, 3.63) is 28.2 Å². The lowest BCUT2D eigenvalue weighted by atomic mass is 9.98. The number of nitrogens with one attached hydrogen (secondary N) is 1. The van der Waals surface area contributed by atoms with E-state index >= 15 is 0 Å². The zero-order valence-electron chi connectivity index (χ0n) is 12.2. The van der Waals surface area contributed by atoms with Gasteiger partial charge >= 0.3 is 0 Å². The third-order valence-electron chi connectivity index (χ3n) is 3.85. The van der Waals surface area contributed by atoms with Crippen molar-refractivity contribution in [2.75, 3.05) is 12.3 Å². The maximum absolute atomic E-state index is 12.1. The molecule has 3 N–H and O–H groups in total. The molecule has 118 valence electrons. The smallest absolute Gasteiger partial charge is 0.230 e. The van der Waals surface area contributed by atoms with E-state index in [9.17, 15) is 4.79 Å². The first kappa shape index (κ1) is 18.8. The van der Waals surface area contributed by atoms with Gasteiger partial charge in [0.05, 0.1) is 11.3 Å². The van der Waals surface area contributed by atoms with E-state index in [0.717, 1.165) is 35.1 Å². The SMILES string of the molecule is Cc1cc(Br)ccc1SCC(=O)NC1(CN)CCCC1.Cl. The number of hydrogen-bond donors (Lipinski definition) is 2. The average Bonchev–Trinajstić information content (AvgIpc) is 2.87. The number of carbonyl (C=O) groups excluding carboxylic acids is 1. The molecule has 1 saturated carbocycles. The Morgan fingerprint density at radius 1 is 1.43 bits per heavy atom. The highest BCUT2D eigenvalue weighted by Gasteiger charge is 2.33. The fraction of sp³-hybridized carbons (Fsp3) is 0.533. The van der Waals surface area contributed by atoms with Crippen molar-refractivity contribution in [1.82, 2.24) is 5.32 Å². The summed E-state index contributed by atoms with van der Waals surface area (Å²) < 4.78 is 1.07. The van der Waals surface area contributed by atoms with E-state index in [0.29, 0.717) is 12.3 Å². The van der Waals surface area contributed by atoms with E-state index < -0.39 is 0 Å². The first-order valence-electron chi connectivity index (χ1n) is 6.95. The van der Waals surface area contributed by atoms with Crippen LogP contribution in [0.2, 0.25) is 0 Å². The van der Waals surface area contributed by atoms with Gasteiger partial charge in [-0.3, -0.25) is 4.79 Å². The van der Waals surface area contributed by atoms with Gasteiger partial charge in [0.25, 0.3) is 0 Å². The van der Waals surface area contributed by atoms with Crippen molar-refractivity contribution in [3.8, 4) is 0 Å². The number of rotatable bonds is 5. The number of aryl methyl sites for hydroxylation is 1. The van der Waals surface area contributed by atoms with Gasteiger partial charge in [0.15, 0.2) is 0 Å². The quantitative estimate of drug-likeness (QED) is 0.751. The molecule has 0 aliphatic heterocycles. The highest BCUT2D eigenvalue weighted by atomic mass is 79.9. The molecule has 1 aliphatic carbocycles. The molecule has 21 heavy (non-hydrogen) atoms. The number of hydrogen-bond acceptors (Lipinski definition) is 3. The largest absolute Gasteiger partial charge is 0.349 e. The molecular formula is C15H22BrClN2OS. The van der Waals surface area contributed by atoms with Gasteiger partial charge in [-0.05, 0) is 43.5 Å². The summed E-state index contributed by atoms with van der Waals surface area (Å²) in [5.74, 6) is 0.536. The van der Waals surface area contributed by atoms with Crippen LogP contribution in [-0.4, -0.2) is 23.7 Å². The standard InChI is InChI=1S/C15H21BrN2OS.ClH/c1-11-8-12(16)4-5-13(11)20-9-14(19)18-15(10-17)6-2-3-7-15;/h4-5,8H,2-3,6-7,9-10,17H2,1H3,(H,18,19);1H. The second-order valence-corrected chi connectivity index (χ2v) is 7.37. The molecule has 0 spiro atoms. The van der Waals surface area contributed by atoms with Gasteiger partial charge in [-0.2, -0.15) is 0 Å². The highest BCUT2D eigenvalue weighted by Crippen LogP contribution is 2.29. The zero-order chi connectivity index (χ0) is 14.6. The molecule has 2 rings (SSSR count). The molecule has 0 heterocycles. The Bertz CT molecular complexity index is 493. The molecule has 1 amide bonds. The lowest BCUT2D eigenvalue weighted by Gasteiger charge is -2.28. The lowest BCUT2D eigenvalue weighted by Crippen LogP contribution is -2.52. The minimum absolute atomic E-state index is 0. The van der Waals surface area contributed by atoms with Crippen LogP contribution in [0.15, 0.2) is 27.6 Å². The van der Waals surface area contributed by atoms with Crippen LogP contribution in [0, 0.1) is 6.92 Å². The molecule has 3 nitrogen and oxygen atoms in total. The molecule has 0 saturated heterocycles. The van der Waals surface area contributed by atoms with Crippen LogP contribution in [0.4, 0.5) is 0 Å². The van der Waals surface area contributed by atoms with Crippen LogP contribution in [0.1, 0.15) is 31.2 Å². The molecule has 1 fully saturated rings. The first-order chi connectivity index (χ1) is 9.54. The van der Waals surface area contributed by atoms with Gasteiger partial charge in [0.1, 0.15) is 0 Å². The van der Waals surface area contributed by atoms with Gasteiger partial charge in [0, 0.05) is 15.9 Å². The summed E-state index contributed by atoms with van der Waals surface area (Å²) in [4.78, 5) is 13.3. The van der Waals surface area contributed by atoms with E-state index in [1.165, 1.54) is 5.56 Å². The van der Waals surface area contributed by atoms with E-state index in [2.05, 4.69) is 34.2 Å². The van der Waals surface area contributed by atoms with Crippen molar-refractivity contribution in [1.29, 1.82) is 0 Å². The second kappa shape index (κ2) is 8.42. The number of halogens is 2.